The Labute approximate surface area is 74.7 Å². The van der Waals surface area contributed by atoms with Gasteiger partial charge in [0.05, 0.1) is 6.07 Å². The lowest BCUT2D eigenvalue weighted by Gasteiger charge is -2.13. The zero-order valence-corrected chi connectivity index (χ0v) is 7.23. The highest BCUT2D eigenvalue weighted by Gasteiger charge is 2.41. The van der Waals surface area contributed by atoms with E-state index in [-0.39, 0.29) is 12.6 Å². The Bertz CT molecular complexity index is 218. The molecule has 0 heterocycles. The van der Waals surface area contributed by atoms with Gasteiger partial charge in [-0.05, 0) is 12.3 Å². The molecule has 0 amide bonds. The number of halogens is 3. The summed E-state index contributed by atoms with van der Waals surface area (Å²) in [5.41, 5.74) is 0. The molecule has 1 saturated carbocycles. The predicted molar refractivity (Wildman–Crippen MR) is 40.7 cm³/mol. The number of nitrogens with one attached hydrogen (secondary N) is 1. The number of rotatable bonds is 3. The Morgan fingerprint density at radius 2 is 2.15 bits per heavy atom. The predicted octanol–water partition coefficient (Wildman–Crippen LogP) is 1.69. The van der Waals surface area contributed by atoms with E-state index in [2.05, 4.69) is 5.32 Å². The molecule has 3 atom stereocenters. The van der Waals surface area contributed by atoms with Crippen LogP contribution in [0.15, 0.2) is 0 Å². The van der Waals surface area contributed by atoms with Crippen LogP contribution in [-0.2, 0) is 0 Å². The van der Waals surface area contributed by atoms with Gasteiger partial charge in [-0.2, -0.15) is 18.4 Å². The lowest BCUT2D eigenvalue weighted by Crippen LogP contribution is -2.33. The van der Waals surface area contributed by atoms with E-state index in [0.717, 1.165) is 6.42 Å². The molecule has 2 nitrogen and oxygen atoms in total. The van der Waals surface area contributed by atoms with Gasteiger partial charge in [0.15, 0.2) is 5.92 Å². The summed E-state index contributed by atoms with van der Waals surface area (Å²) < 4.78 is 36.1. The molecule has 0 aromatic carbocycles. The monoisotopic (exact) mass is 192 g/mol. The first kappa shape index (κ1) is 10.3. The minimum absolute atomic E-state index is 0.179. The molecular formula is C8H11F3N2. The lowest BCUT2D eigenvalue weighted by molar-refractivity contribution is -0.157. The van der Waals surface area contributed by atoms with Crippen LogP contribution in [0, 0.1) is 23.2 Å². The van der Waals surface area contributed by atoms with Gasteiger partial charge in [-0.1, -0.05) is 6.92 Å². The Kier molecular flexibility index (Phi) is 2.81. The Hall–Kier alpha value is -0.760. The van der Waals surface area contributed by atoms with E-state index < -0.39 is 12.1 Å². The molecule has 0 saturated heterocycles. The Balaban J connectivity index is 2.29. The molecule has 1 rings (SSSR count). The van der Waals surface area contributed by atoms with Gasteiger partial charge < -0.3 is 5.32 Å². The molecule has 13 heavy (non-hydrogen) atoms. The topological polar surface area (TPSA) is 35.8 Å². The summed E-state index contributed by atoms with van der Waals surface area (Å²) in [5, 5.41) is 11.0. The fourth-order valence-corrected chi connectivity index (χ4v) is 1.11. The van der Waals surface area contributed by atoms with Crippen LogP contribution in [0.3, 0.4) is 0 Å². The Morgan fingerprint density at radius 3 is 2.46 bits per heavy atom. The second kappa shape index (κ2) is 3.54. The second-order valence-electron chi connectivity index (χ2n) is 3.45. The van der Waals surface area contributed by atoms with Crippen LogP contribution in [0.1, 0.15) is 13.3 Å². The van der Waals surface area contributed by atoms with Crippen molar-refractivity contribution in [3.8, 4) is 6.07 Å². The molecule has 74 valence electrons. The minimum atomic E-state index is -4.40. The van der Waals surface area contributed by atoms with E-state index in [0.29, 0.717) is 5.92 Å². The van der Waals surface area contributed by atoms with Crippen LogP contribution in [0.4, 0.5) is 13.2 Å². The third kappa shape index (κ3) is 2.88. The normalized spacial score (nSPS) is 29.5. The van der Waals surface area contributed by atoms with Gasteiger partial charge in [0.2, 0.25) is 0 Å². The van der Waals surface area contributed by atoms with Crippen LogP contribution < -0.4 is 5.32 Å². The van der Waals surface area contributed by atoms with Crippen molar-refractivity contribution in [2.24, 2.45) is 11.8 Å². The first-order chi connectivity index (χ1) is 5.95. The highest BCUT2D eigenvalue weighted by molar-refractivity contribution is 4.95. The van der Waals surface area contributed by atoms with E-state index >= 15 is 0 Å². The number of nitrogens with zero attached hydrogens (tertiary/aromatic N) is 1. The van der Waals surface area contributed by atoms with Crippen LogP contribution in [0.5, 0.6) is 0 Å². The molecule has 0 radical (unpaired) electrons. The highest BCUT2D eigenvalue weighted by Crippen LogP contribution is 2.30. The van der Waals surface area contributed by atoms with Gasteiger partial charge in [-0.3, -0.25) is 0 Å². The van der Waals surface area contributed by atoms with Crippen molar-refractivity contribution in [1.82, 2.24) is 5.32 Å². The summed E-state index contributed by atoms with van der Waals surface area (Å²) in [6, 6.07) is 1.43. The molecule has 0 aromatic heterocycles. The number of hydrogen-bond acceptors (Lipinski definition) is 2. The summed E-state index contributed by atoms with van der Waals surface area (Å²) in [4.78, 5) is 0. The molecule has 0 spiro atoms. The van der Waals surface area contributed by atoms with E-state index in [4.69, 9.17) is 5.26 Å². The van der Waals surface area contributed by atoms with Crippen molar-refractivity contribution in [3.05, 3.63) is 0 Å². The third-order valence-corrected chi connectivity index (χ3v) is 2.24. The maximum atomic E-state index is 12.0. The lowest BCUT2D eigenvalue weighted by atomic mass is 10.1. The maximum absolute atomic E-state index is 12.0. The summed E-state index contributed by atoms with van der Waals surface area (Å²) in [5.74, 6) is -1.42. The van der Waals surface area contributed by atoms with Crippen molar-refractivity contribution in [2.45, 2.75) is 25.6 Å². The van der Waals surface area contributed by atoms with Crippen molar-refractivity contribution in [1.29, 1.82) is 5.26 Å². The van der Waals surface area contributed by atoms with E-state index in [1.54, 1.807) is 0 Å². The largest absolute Gasteiger partial charge is 0.405 e. The average molecular weight is 192 g/mol. The molecule has 0 aliphatic heterocycles. The van der Waals surface area contributed by atoms with Crippen molar-refractivity contribution in [3.63, 3.8) is 0 Å². The molecule has 0 aromatic rings. The first-order valence-corrected chi connectivity index (χ1v) is 4.15. The fourth-order valence-electron chi connectivity index (χ4n) is 1.11. The average Bonchev–Trinajstić information content (AvgIpc) is 2.65. The SMILES string of the molecule is CC1CC1NCC(C#N)C(F)(F)F. The standard InChI is InChI=1S/C8H11F3N2/c1-5-2-7(5)13-4-6(3-12)8(9,10)11/h5-7,13H,2,4H2,1H3. The summed E-state index contributed by atoms with van der Waals surface area (Å²) in [7, 11) is 0. The summed E-state index contributed by atoms with van der Waals surface area (Å²) in [6.07, 6.45) is -3.49. The van der Waals surface area contributed by atoms with Crippen molar-refractivity contribution in [2.75, 3.05) is 6.54 Å². The zero-order valence-electron chi connectivity index (χ0n) is 7.23. The van der Waals surface area contributed by atoms with Crippen LogP contribution >= 0.6 is 0 Å². The molecule has 0 bridgehead atoms. The maximum Gasteiger partial charge on any atom is 0.405 e. The second-order valence-corrected chi connectivity index (χ2v) is 3.45. The molecule has 5 heteroatoms. The van der Waals surface area contributed by atoms with Gasteiger partial charge >= 0.3 is 6.18 Å². The summed E-state index contributed by atoms with van der Waals surface area (Å²) in [6.45, 7) is 1.68. The molecule has 1 aliphatic carbocycles. The quantitative estimate of drug-likeness (QED) is 0.738. The third-order valence-electron chi connectivity index (χ3n) is 2.24. The van der Waals surface area contributed by atoms with Gasteiger partial charge in [-0.15, -0.1) is 0 Å². The van der Waals surface area contributed by atoms with Crippen LogP contribution in [0.2, 0.25) is 0 Å². The van der Waals surface area contributed by atoms with E-state index in [1.807, 2.05) is 6.92 Å². The smallest absolute Gasteiger partial charge is 0.312 e. The van der Waals surface area contributed by atoms with Gasteiger partial charge in [0, 0.05) is 12.6 Å². The Morgan fingerprint density at radius 1 is 1.62 bits per heavy atom. The van der Waals surface area contributed by atoms with Crippen molar-refractivity contribution < 1.29 is 13.2 Å². The number of hydrogen-bond donors (Lipinski definition) is 1. The van der Waals surface area contributed by atoms with Gasteiger partial charge in [-0.25, -0.2) is 0 Å². The molecule has 1 fully saturated rings. The highest BCUT2D eigenvalue weighted by atomic mass is 19.4. The molecule has 1 N–H and O–H groups in total. The minimum Gasteiger partial charge on any atom is -0.312 e. The molecule has 3 unspecified atom stereocenters. The van der Waals surface area contributed by atoms with Crippen LogP contribution in [-0.4, -0.2) is 18.8 Å². The summed E-state index contributed by atoms with van der Waals surface area (Å²) >= 11 is 0. The van der Waals surface area contributed by atoms with Gasteiger partial charge in [0.1, 0.15) is 0 Å². The molecule has 1 aliphatic rings. The van der Waals surface area contributed by atoms with E-state index in [9.17, 15) is 13.2 Å². The van der Waals surface area contributed by atoms with Crippen LogP contribution in [0.25, 0.3) is 0 Å². The van der Waals surface area contributed by atoms with Gasteiger partial charge in [0.25, 0.3) is 0 Å². The fraction of sp³-hybridized carbons (Fsp3) is 0.875. The van der Waals surface area contributed by atoms with Crippen molar-refractivity contribution >= 4 is 0 Å². The van der Waals surface area contributed by atoms with E-state index in [1.165, 1.54) is 6.07 Å². The number of alkyl halides is 3. The molecular weight excluding hydrogens is 181 g/mol. The number of nitriles is 1. The first-order valence-electron chi connectivity index (χ1n) is 4.15. The zero-order chi connectivity index (χ0) is 10.1.